The summed E-state index contributed by atoms with van der Waals surface area (Å²) in [6.45, 7) is 0. The summed E-state index contributed by atoms with van der Waals surface area (Å²) in [4.78, 5) is 17.5. The minimum Gasteiger partial charge on any atom is -0.339 e. The van der Waals surface area contributed by atoms with Crippen molar-refractivity contribution >= 4 is 11.6 Å². The molecular formula is C23H21N5O2. The first-order chi connectivity index (χ1) is 14.7. The van der Waals surface area contributed by atoms with E-state index in [1.165, 1.54) is 0 Å². The number of aromatic nitrogens is 4. The van der Waals surface area contributed by atoms with Crippen molar-refractivity contribution in [1.82, 2.24) is 19.9 Å². The van der Waals surface area contributed by atoms with Crippen LogP contribution < -0.4 is 5.32 Å². The number of hydrogen-bond acceptors (Lipinski definition) is 5. The number of carbonyl (C=O) groups excluding carboxylic acids is 1. The van der Waals surface area contributed by atoms with Gasteiger partial charge in [-0.2, -0.15) is 10.1 Å². The molecule has 2 aromatic heterocycles. The van der Waals surface area contributed by atoms with Crippen molar-refractivity contribution in [3.63, 3.8) is 0 Å². The normalized spacial score (nSPS) is 13.4. The summed E-state index contributed by atoms with van der Waals surface area (Å²) in [7, 11) is 1.77. The molecule has 0 unspecified atom stereocenters. The van der Waals surface area contributed by atoms with Crippen LogP contribution in [0.2, 0.25) is 0 Å². The van der Waals surface area contributed by atoms with Gasteiger partial charge in [0.15, 0.2) is 5.82 Å². The predicted molar refractivity (Wildman–Crippen MR) is 112 cm³/mol. The van der Waals surface area contributed by atoms with E-state index in [4.69, 9.17) is 4.52 Å². The number of benzene rings is 2. The molecule has 2 aromatic carbocycles. The molecule has 0 bridgehead atoms. The molecule has 7 nitrogen and oxygen atoms in total. The van der Waals surface area contributed by atoms with E-state index < -0.39 is 0 Å². The highest BCUT2D eigenvalue weighted by Gasteiger charge is 2.28. The maximum absolute atomic E-state index is 13.0. The Bertz CT molecular complexity index is 1190. The fourth-order valence-corrected chi connectivity index (χ4v) is 3.42. The lowest BCUT2D eigenvalue weighted by Gasteiger charge is -2.09. The molecule has 0 aliphatic heterocycles. The lowest BCUT2D eigenvalue weighted by molar-refractivity contribution is 0.101. The summed E-state index contributed by atoms with van der Waals surface area (Å²) in [5.74, 6) is 1.57. The summed E-state index contributed by atoms with van der Waals surface area (Å²) in [5, 5.41) is 11.6. The van der Waals surface area contributed by atoms with Crippen LogP contribution in [0, 0.1) is 0 Å². The number of carbonyl (C=O) groups is 1. The van der Waals surface area contributed by atoms with Crippen molar-refractivity contribution in [2.75, 3.05) is 5.32 Å². The molecule has 0 saturated heterocycles. The van der Waals surface area contributed by atoms with Crippen molar-refractivity contribution in [3.05, 3.63) is 83.6 Å². The number of aryl methyl sites for hydroxylation is 1. The molecular weight excluding hydrogens is 378 g/mol. The van der Waals surface area contributed by atoms with Crippen molar-refractivity contribution < 1.29 is 9.32 Å². The molecule has 0 spiro atoms. The average Bonchev–Trinajstić information content (AvgIpc) is 3.38. The zero-order valence-corrected chi connectivity index (χ0v) is 16.6. The molecule has 150 valence electrons. The van der Waals surface area contributed by atoms with Gasteiger partial charge >= 0.3 is 0 Å². The Kier molecular flexibility index (Phi) is 4.63. The van der Waals surface area contributed by atoms with Gasteiger partial charge in [0.1, 0.15) is 5.69 Å². The highest BCUT2D eigenvalue weighted by molar-refractivity contribution is 6.04. The van der Waals surface area contributed by atoms with Gasteiger partial charge in [0.05, 0.1) is 12.1 Å². The Hall–Kier alpha value is -3.74. The van der Waals surface area contributed by atoms with Crippen LogP contribution in [-0.4, -0.2) is 25.8 Å². The van der Waals surface area contributed by atoms with E-state index >= 15 is 0 Å². The van der Waals surface area contributed by atoms with Crippen LogP contribution in [0.3, 0.4) is 0 Å². The standard InChI is InChI=1S/C23H21N5O2/c1-28-20(14-19(26-28)15-7-3-2-4-8-15)23(29)24-18-10-6-5-9-17(18)13-21-25-22(27-30-21)16-11-12-16/h2-10,14,16H,11-13H2,1H3,(H,24,29). The van der Waals surface area contributed by atoms with Gasteiger partial charge in [-0.25, -0.2) is 0 Å². The molecule has 1 saturated carbocycles. The van der Waals surface area contributed by atoms with E-state index in [1.54, 1.807) is 17.8 Å². The molecule has 0 atom stereocenters. The fraction of sp³-hybridized carbons (Fsp3) is 0.217. The number of nitrogens with one attached hydrogen (secondary N) is 1. The first-order valence-electron chi connectivity index (χ1n) is 9.98. The number of para-hydroxylation sites is 1. The van der Waals surface area contributed by atoms with Gasteiger partial charge in [0.25, 0.3) is 5.91 Å². The second kappa shape index (κ2) is 7.59. The molecule has 5 rings (SSSR count). The Morgan fingerprint density at radius 3 is 2.70 bits per heavy atom. The van der Waals surface area contributed by atoms with Crippen LogP contribution in [0.25, 0.3) is 11.3 Å². The average molecular weight is 399 g/mol. The zero-order valence-electron chi connectivity index (χ0n) is 16.6. The van der Waals surface area contributed by atoms with Crippen LogP contribution in [0.1, 0.15) is 46.5 Å². The molecule has 1 fully saturated rings. The largest absolute Gasteiger partial charge is 0.339 e. The number of rotatable bonds is 6. The topological polar surface area (TPSA) is 85.8 Å². The minimum absolute atomic E-state index is 0.219. The van der Waals surface area contributed by atoms with Crippen molar-refractivity contribution in [3.8, 4) is 11.3 Å². The van der Waals surface area contributed by atoms with Gasteiger partial charge in [0, 0.05) is 24.2 Å². The molecule has 1 amide bonds. The maximum atomic E-state index is 13.0. The van der Waals surface area contributed by atoms with Gasteiger partial charge in [0.2, 0.25) is 5.89 Å². The smallest absolute Gasteiger partial charge is 0.273 e. The molecule has 4 aromatic rings. The van der Waals surface area contributed by atoms with Gasteiger partial charge in [-0.15, -0.1) is 0 Å². The third-order valence-electron chi connectivity index (χ3n) is 5.22. The molecule has 1 aliphatic carbocycles. The quantitative estimate of drug-likeness (QED) is 0.525. The number of hydrogen-bond donors (Lipinski definition) is 1. The highest BCUT2D eigenvalue weighted by atomic mass is 16.5. The van der Waals surface area contributed by atoms with Crippen LogP contribution >= 0.6 is 0 Å². The third kappa shape index (κ3) is 3.74. The summed E-state index contributed by atoms with van der Waals surface area (Å²) < 4.78 is 7.00. The van der Waals surface area contributed by atoms with Gasteiger partial charge in [-0.3, -0.25) is 9.48 Å². The predicted octanol–water partition coefficient (Wildman–Crippen LogP) is 4.19. The SMILES string of the molecule is Cn1nc(-c2ccccc2)cc1C(=O)Nc1ccccc1Cc1nc(C2CC2)no1. The first-order valence-corrected chi connectivity index (χ1v) is 9.98. The Balaban J connectivity index is 1.35. The van der Waals surface area contributed by atoms with Gasteiger partial charge in [-0.05, 0) is 30.5 Å². The lowest BCUT2D eigenvalue weighted by atomic mass is 10.1. The highest BCUT2D eigenvalue weighted by Crippen LogP contribution is 2.38. The minimum atomic E-state index is -0.219. The summed E-state index contributed by atoms with van der Waals surface area (Å²) in [6, 6.07) is 19.2. The zero-order chi connectivity index (χ0) is 20.5. The van der Waals surface area contributed by atoms with Crippen molar-refractivity contribution in [2.45, 2.75) is 25.2 Å². The van der Waals surface area contributed by atoms with E-state index in [0.717, 1.165) is 41.2 Å². The molecule has 0 radical (unpaired) electrons. The Morgan fingerprint density at radius 2 is 1.90 bits per heavy atom. The lowest BCUT2D eigenvalue weighted by Crippen LogP contribution is -2.17. The number of anilines is 1. The maximum Gasteiger partial charge on any atom is 0.273 e. The first kappa shape index (κ1) is 18.3. The molecule has 1 N–H and O–H groups in total. The second-order valence-corrected chi connectivity index (χ2v) is 7.51. The van der Waals surface area contributed by atoms with Crippen molar-refractivity contribution in [1.29, 1.82) is 0 Å². The van der Waals surface area contributed by atoms with E-state index in [9.17, 15) is 4.79 Å². The Labute approximate surface area is 173 Å². The number of amides is 1. The molecule has 7 heteroatoms. The fourth-order valence-electron chi connectivity index (χ4n) is 3.42. The van der Waals surface area contributed by atoms with E-state index in [2.05, 4.69) is 20.6 Å². The van der Waals surface area contributed by atoms with Gasteiger partial charge < -0.3 is 9.84 Å². The van der Waals surface area contributed by atoms with Crippen LogP contribution in [0.4, 0.5) is 5.69 Å². The van der Waals surface area contributed by atoms with E-state index in [-0.39, 0.29) is 5.91 Å². The monoisotopic (exact) mass is 399 g/mol. The molecule has 30 heavy (non-hydrogen) atoms. The molecule has 2 heterocycles. The Morgan fingerprint density at radius 1 is 1.13 bits per heavy atom. The summed E-state index contributed by atoms with van der Waals surface area (Å²) in [6.07, 6.45) is 2.72. The van der Waals surface area contributed by atoms with E-state index in [0.29, 0.717) is 23.9 Å². The summed E-state index contributed by atoms with van der Waals surface area (Å²) >= 11 is 0. The second-order valence-electron chi connectivity index (χ2n) is 7.51. The molecule has 1 aliphatic rings. The summed E-state index contributed by atoms with van der Waals surface area (Å²) in [5.41, 5.74) is 3.85. The third-order valence-corrected chi connectivity index (χ3v) is 5.22. The van der Waals surface area contributed by atoms with Crippen LogP contribution in [0.5, 0.6) is 0 Å². The van der Waals surface area contributed by atoms with Crippen molar-refractivity contribution in [2.24, 2.45) is 7.05 Å². The van der Waals surface area contributed by atoms with E-state index in [1.807, 2.05) is 54.6 Å². The van der Waals surface area contributed by atoms with Crippen LogP contribution in [-0.2, 0) is 13.5 Å². The van der Waals surface area contributed by atoms with Gasteiger partial charge in [-0.1, -0.05) is 53.7 Å². The van der Waals surface area contributed by atoms with Crippen LogP contribution in [0.15, 0.2) is 65.2 Å². The number of nitrogens with zero attached hydrogens (tertiary/aromatic N) is 4.